The van der Waals surface area contributed by atoms with E-state index in [1.54, 1.807) is 6.92 Å². The third-order valence-corrected chi connectivity index (χ3v) is 2.59. The molecule has 0 spiro atoms. The molecular weight excluding hydrogens is 279 g/mol. The van der Waals surface area contributed by atoms with Gasteiger partial charge in [0.25, 0.3) is 11.2 Å². The minimum Gasteiger partial charge on any atom is -0.295 e. The molecule has 2 aromatic rings. The van der Waals surface area contributed by atoms with Gasteiger partial charge in [0, 0.05) is 17.8 Å². The Bertz CT molecular complexity index is 730. The van der Waals surface area contributed by atoms with Crippen molar-refractivity contribution in [2.24, 2.45) is 0 Å². The zero-order chi connectivity index (χ0) is 15.1. The maximum Gasteiger partial charge on any atom is 0.416 e. The second-order valence-corrected chi connectivity index (χ2v) is 4.07. The van der Waals surface area contributed by atoms with Gasteiger partial charge in [0.1, 0.15) is 5.69 Å². The Morgan fingerprint density at radius 3 is 2.40 bits per heavy atom. The van der Waals surface area contributed by atoms with E-state index in [4.69, 9.17) is 0 Å². The molecule has 6 nitrogen and oxygen atoms in total. The van der Waals surface area contributed by atoms with E-state index in [0.717, 1.165) is 10.7 Å². The monoisotopic (exact) mass is 287 g/mol. The summed E-state index contributed by atoms with van der Waals surface area (Å²) in [6.45, 7) is 1.55. The van der Waals surface area contributed by atoms with E-state index in [0.29, 0.717) is 17.8 Å². The van der Waals surface area contributed by atoms with Crippen molar-refractivity contribution in [1.82, 2.24) is 9.78 Å². The molecule has 0 saturated carbocycles. The zero-order valence-electron chi connectivity index (χ0n) is 10.1. The fourth-order valence-electron chi connectivity index (χ4n) is 1.73. The summed E-state index contributed by atoms with van der Waals surface area (Å²) in [7, 11) is 0. The molecule has 20 heavy (non-hydrogen) atoms. The highest BCUT2D eigenvalue weighted by Gasteiger charge is 2.33. The van der Waals surface area contributed by atoms with Crippen molar-refractivity contribution in [2.45, 2.75) is 13.1 Å². The second-order valence-electron chi connectivity index (χ2n) is 4.07. The van der Waals surface area contributed by atoms with Gasteiger partial charge in [0.05, 0.1) is 10.5 Å². The largest absolute Gasteiger partial charge is 0.416 e. The minimum atomic E-state index is -4.69. The molecule has 2 rings (SSSR count). The van der Waals surface area contributed by atoms with Crippen molar-refractivity contribution in [1.29, 1.82) is 0 Å². The van der Waals surface area contributed by atoms with Gasteiger partial charge in [-0.1, -0.05) is 0 Å². The van der Waals surface area contributed by atoms with E-state index in [9.17, 15) is 28.1 Å². The average Bonchev–Trinajstić information content (AvgIpc) is 2.66. The molecule has 0 aliphatic carbocycles. The van der Waals surface area contributed by atoms with Crippen LogP contribution in [0.4, 0.5) is 18.9 Å². The number of aromatic nitrogens is 2. The van der Waals surface area contributed by atoms with E-state index in [1.807, 2.05) is 0 Å². The molecule has 0 radical (unpaired) electrons. The maximum absolute atomic E-state index is 12.5. The van der Waals surface area contributed by atoms with Gasteiger partial charge in [-0.3, -0.25) is 20.0 Å². The number of nitro benzene ring substituents is 1. The van der Waals surface area contributed by atoms with Gasteiger partial charge in [-0.15, -0.1) is 0 Å². The maximum atomic E-state index is 12.5. The molecule has 0 bridgehead atoms. The number of hydrogen-bond donors (Lipinski definition) is 1. The Morgan fingerprint density at radius 1 is 1.30 bits per heavy atom. The molecule has 1 N–H and O–H groups in total. The first-order valence-corrected chi connectivity index (χ1v) is 5.35. The molecular formula is C11H8F3N3O3. The number of nitrogens with one attached hydrogen (secondary N) is 1. The number of nitrogens with zero attached hydrogens (tertiary/aromatic N) is 2. The van der Waals surface area contributed by atoms with E-state index >= 15 is 0 Å². The number of aryl methyl sites for hydroxylation is 1. The highest BCUT2D eigenvalue weighted by Crippen LogP contribution is 2.33. The number of nitro groups is 1. The lowest BCUT2D eigenvalue weighted by atomic mass is 10.1. The van der Waals surface area contributed by atoms with E-state index in [1.165, 1.54) is 6.07 Å². The molecule has 0 saturated heterocycles. The lowest BCUT2D eigenvalue weighted by Crippen LogP contribution is -2.16. The first-order valence-electron chi connectivity index (χ1n) is 5.35. The van der Waals surface area contributed by atoms with Crippen molar-refractivity contribution in [3.8, 4) is 5.69 Å². The van der Waals surface area contributed by atoms with Gasteiger partial charge in [0.2, 0.25) is 0 Å². The van der Waals surface area contributed by atoms with E-state index < -0.39 is 27.9 Å². The fourth-order valence-corrected chi connectivity index (χ4v) is 1.73. The highest BCUT2D eigenvalue weighted by atomic mass is 19.4. The van der Waals surface area contributed by atoms with Crippen LogP contribution in [-0.4, -0.2) is 14.7 Å². The van der Waals surface area contributed by atoms with Crippen LogP contribution in [0.25, 0.3) is 5.69 Å². The number of rotatable bonds is 2. The number of H-pyrrole nitrogens is 1. The van der Waals surface area contributed by atoms with Gasteiger partial charge >= 0.3 is 6.18 Å². The molecule has 0 aliphatic heterocycles. The van der Waals surface area contributed by atoms with Crippen LogP contribution in [0.1, 0.15) is 11.3 Å². The van der Waals surface area contributed by atoms with Crippen LogP contribution in [0, 0.1) is 17.0 Å². The van der Waals surface area contributed by atoms with Crippen LogP contribution < -0.4 is 5.56 Å². The van der Waals surface area contributed by atoms with Crippen molar-refractivity contribution >= 4 is 5.69 Å². The zero-order valence-corrected chi connectivity index (χ0v) is 10.1. The van der Waals surface area contributed by atoms with Gasteiger partial charge < -0.3 is 0 Å². The molecule has 1 aromatic carbocycles. The fraction of sp³-hybridized carbons (Fsp3) is 0.182. The summed E-state index contributed by atoms with van der Waals surface area (Å²) in [5, 5.41) is 13.4. The van der Waals surface area contributed by atoms with Crippen LogP contribution >= 0.6 is 0 Å². The normalized spacial score (nSPS) is 11.6. The Balaban J connectivity index is 2.69. The van der Waals surface area contributed by atoms with Crippen LogP contribution in [-0.2, 0) is 6.18 Å². The molecule has 9 heteroatoms. The van der Waals surface area contributed by atoms with E-state index in [-0.39, 0.29) is 5.69 Å². The van der Waals surface area contributed by atoms with Crippen LogP contribution in [0.3, 0.4) is 0 Å². The third-order valence-electron chi connectivity index (χ3n) is 2.59. The smallest absolute Gasteiger partial charge is 0.295 e. The first kappa shape index (κ1) is 13.8. The molecule has 0 unspecified atom stereocenters. The third kappa shape index (κ3) is 2.42. The van der Waals surface area contributed by atoms with Crippen molar-refractivity contribution in [2.75, 3.05) is 0 Å². The predicted molar refractivity (Wildman–Crippen MR) is 62.8 cm³/mol. The standard InChI is InChI=1S/C11H8F3N3O3/c1-6-4-10(18)16(15-6)8-3-2-7(11(12,13)14)5-9(8)17(19)20/h2-5,15H,1H3. The molecule has 0 aliphatic rings. The summed E-state index contributed by atoms with van der Waals surface area (Å²) in [5.41, 5.74) is -2.36. The Morgan fingerprint density at radius 2 is 1.95 bits per heavy atom. The Kier molecular flexibility index (Phi) is 3.12. The predicted octanol–water partition coefficient (Wildman–Crippen LogP) is 2.40. The molecule has 0 atom stereocenters. The molecule has 106 valence electrons. The summed E-state index contributed by atoms with van der Waals surface area (Å²) >= 11 is 0. The molecule has 0 fully saturated rings. The topological polar surface area (TPSA) is 80.9 Å². The first-order chi connectivity index (χ1) is 9.20. The lowest BCUT2D eigenvalue weighted by Gasteiger charge is -2.08. The summed E-state index contributed by atoms with van der Waals surface area (Å²) in [5.74, 6) is 0. The summed E-state index contributed by atoms with van der Waals surface area (Å²) in [6.07, 6.45) is -4.69. The number of hydrogen-bond acceptors (Lipinski definition) is 3. The van der Waals surface area contributed by atoms with Gasteiger partial charge in [-0.2, -0.15) is 13.2 Å². The summed E-state index contributed by atoms with van der Waals surface area (Å²) in [4.78, 5) is 21.5. The lowest BCUT2D eigenvalue weighted by molar-refractivity contribution is -0.384. The minimum absolute atomic E-state index is 0.249. The van der Waals surface area contributed by atoms with Crippen LogP contribution in [0.5, 0.6) is 0 Å². The van der Waals surface area contributed by atoms with E-state index in [2.05, 4.69) is 5.10 Å². The average molecular weight is 287 g/mol. The van der Waals surface area contributed by atoms with Gasteiger partial charge in [0.15, 0.2) is 0 Å². The Hall–Kier alpha value is -2.58. The molecule has 1 aromatic heterocycles. The summed E-state index contributed by atoms with van der Waals surface area (Å²) < 4.78 is 38.5. The number of alkyl halides is 3. The molecule has 0 amide bonds. The van der Waals surface area contributed by atoms with Crippen LogP contribution in [0.15, 0.2) is 29.1 Å². The number of aromatic amines is 1. The SMILES string of the molecule is Cc1cc(=O)n(-c2ccc(C(F)(F)F)cc2[N+](=O)[O-])[nH]1. The summed E-state index contributed by atoms with van der Waals surface area (Å²) in [6, 6.07) is 3.16. The quantitative estimate of drug-likeness (QED) is 0.680. The Labute approximate surface area is 109 Å². The van der Waals surface area contributed by atoms with Gasteiger partial charge in [-0.05, 0) is 19.1 Å². The van der Waals surface area contributed by atoms with Crippen LogP contribution in [0.2, 0.25) is 0 Å². The molecule has 1 heterocycles. The highest BCUT2D eigenvalue weighted by molar-refractivity contribution is 5.54. The van der Waals surface area contributed by atoms with Crippen molar-refractivity contribution < 1.29 is 18.1 Å². The number of halogens is 3. The van der Waals surface area contributed by atoms with Gasteiger partial charge in [-0.25, -0.2) is 4.68 Å². The van der Waals surface area contributed by atoms with Crippen molar-refractivity contribution in [3.05, 3.63) is 56.0 Å². The number of benzene rings is 1. The second kappa shape index (κ2) is 4.51. The van der Waals surface area contributed by atoms with Crippen molar-refractivity contribution in [3.63, 3.8) is 0 Å².